The molecule has 2 amide bonds. The van der Waals surface area contributed by atoms with E-state index in [1.165, 1.54) is 0 Å². The van der Waals surface area contributed by atoms with Crippen molar-refractivity contribution >= 4 is 23.5 Å². The topological polar surface area (TPSA) is 46.3 Å². The molecule has 0 radical (unpaired) electrons. The van der Waals surface area contributed by atoms with Crippen molar-refractivity contribution in [2.45, 2.75) is 17.2 Å². The summed E-state index contributed by atoms with van der Waals surface area (Å²) in [6.45, 7) is 1.97. The number of nitrogens with two attached hydrogens (primary N) is 1. The van der Waals surface area contributed by atoms with Crippen molar-refractivity contribution in [3.05, 3.63) is 24.3 Å². The van der Waals surface area contributed by atoms with Gasteiger partial charge in [0.1, 0.15) is 0 Å². The van der Waals surface area contributed by atoms with Crippen molar-refractivity contribution in [3.8, 4) is 0 Å². The number of para-hydroxylation sites is 1. The summed E-state index contributed by atoms with van der Waals surface area (Å²) in [5, 5.41) is 0.106. The molecule has 1 aromatic carbocycles. The number of nitrogens with zero attached hydrogens (tertiary/aromatic N) is 1. The SMILES string of the molecule is CC1Sc2ccccc2N1C(N)=O. The number of carbonyl (C=O) groups excluding carboxylic acids is 1. The minimum atomic E-state index is -0.384. The maximum Gasteiger partial charge on any atom is 0.320 e. The molecular weight excluding hydrogens is 184 g/mol. The zero-order chi connectivity index (χ0) is 9.42. The number of thioether (sulfide) groups is 1. The number of primary amides is 1. The minimum Gasteiger partial charge on any atom is -0.351 e. The number of rotatable bonds is 0. The first-order valence-corrected chi connectivity index (χ1v) is 4.92. The molecule has 0 saturated heterocycles. The Balaban J connectivity index is 2.46. The molecule has 0 aliphatic carbocycles. The summed E-state index contributed by atoms with van der Waals surface area (Å²) in [6.07, 6.45) is 0. The Morgan fingerprint density at radius 1 is 1.54 bits per heavy atom. The average molecular weight is 194 g/mol. The lowest BCUT2D eigenvalue weighted by molar-refractivity contribution is 0.254. The molecule has 0 aromatic heterocycles. The maximum absolute atomic E-state index is 11.1. The summed E-state index contributed by atoms with van der Waals surface area (Å²) < 4.78 is 0. The quantitative estimate of drug-likeness (QED) is 0.686. The summed E-state index contributed by atoms with van der Waals surface area (Å²) in [6, 6.07) is 7.40. The number of amides is 2. The molecule has 2 N–H and O–H groups in total. The van der Waals surface area contributed by atoms with E-state index in [2.05, 4.69) is 0 Å². The van der Waals surface area contributed by atoms with E-state index < -0.39 is 0 Å². The summed E-state index contributed by atoms with van der Waals surface area (Å²) in [4.78, 5) is 13.8. The fourth-order valence-electron chi connectivity index (χ4n) is 1.49. The van der Waals surface area contributed by atoms with Crippen LogP contribution in [-0.4, -0.2) is 11.4 Å². The van der Waals surface area contributed by atoms with Crippen molar-refractivity contribution in [1.82, 2.24) is 0 Å². The second kappa shape index (κ2) is 2.96. The molecule has 0 fully saturated rings. The Bertz CT molecular complexity index is 353. The van der Waals surface area contributed by atoms with E-state index in [1.807, 2.05) is 31.2 Å². The van der Waals surface area contributed by atoms with Crippen LogP contribution in [0.2, 0.25) is 0 Å². The van der Waals surface area contributed by atoms with Crippen molar-refractivity contribution in [2.75, 3.05) is 4.90 Å². The largest absolute Gasteiger partial charge is 0.351 e. The van der Waals surface area contributed by atoms with Gasteiger partial charge in [0, 0.05) is 4.90 Å². The summed E-state index contributed by atoms with van der Waals surface area (Å²) >= 11 is 1.65. The molecule has 1 atom stereocenters. The minimum absolute atomic E-state index is 0.106. The molecule has 0 bridgehead atoms. The van der Waals surface area contributed by atoms with Crippen LogP contribution in [-0.2, 0) is 0 Å². The first kappa shape index (κ1) is 8.44. The smallest absolute Gasteiger partial charge is 0.320 e. The number of fused-ring (bicyclic) bond motifs is 1. The second-order valence-corrected chi connectivity index (χ2v) is 4.25. The van der Waals surface area contributed by atoms with E-state index in [9.17, 15) is 4.79 Å². The van der Waals surface area contributed by atoms with Crippen LogP contribution in [0.25, 0.3) is 0 Å². The third-order valence-corrected chi connectivity index (χ3v) is 3.17. The molecule has 3 nitrogen and oxygen atoms in total. The van der Waals surface area contributed by atoms with Gasteiger partial charge in [0.05, 0.1) is 11.1 Å². The molecule has 1 aromatic rings. The Labute approximate surface area is 80.9 Å². The second-order valence-electron chi connectivity index (χ2n) is 2.89. The number of benzene rings is 1. The van der Waals surface area contributed by atoms with Crippen LogP contribution in [0, 0.1) is 0 Å². The summed E-state index contributed by atoms with van der Waals surface area (Å²) in [5.74, 6) is 0. The highest BCUT2D eigenvalue weighted by Crippen LogP contribution is 2.42. The van der Waals surface area contributed by atoms with Gasteiger partial charge in [0.25, 0.3) is 0 Å². The molecule has 68 valence electrons. The maximum atomic E-state index is 11.1. The van der Waals surface area contributed by atoms with Crippen LogP contribution in [0.4, 0.5) is 10.5 Å². The van der Waals surface area contributed by atoms with Gasteiger partial charge in [0.15, 0.2) is 0 Å². The normalized spacial score (nSPS) is 20.1. The highest BCUT2D eigenvalue weighted by Gasteiger charge is 2.29. The predicted molar refractivity (Wildman–Crippen MR) is 53.8 cm³/mol. The van der Waals surface area contributed by atoms with E-state index >= 15 is 0 Å². The van der Waals surface area contributed by atoms with Crippen molar-refractivity contribution < 1.29 is 4.79 Å². The van der Waals surface area contributed by atoms with Gasteiger partial charge in [-0.25, -0.2) is 4.79 Å². The standard InChI is InChI=1S/C9H10N2OS/c1-6-11(9(10)12)7-4-2-3-5-8(7)13-6/h2-6H,1H3,(H2,10,12). The fourth-order valence-corrected chi connectivity index (χ4v) is 2.62. The van der Waals surface area contributed by atoms with Crippen LogP contribution in [0.15, 0.2) is 29.2 Å². The molecule has 0 spiro atoms. The molecule has 0 saturated carbocycles. The van der Waals surface area contributed by atoms with E-state index in [4.69, 9.17) is 5.73 Å². The molecule has 2 rings (SSSR count). The lowest BCUT2D eigenvalue weighted by Crippen LogP contribution is -2.38. The third-order valence-electron chi connectivity index (χ3n) is 2.02. The fraction of sp³-hybridized carbons (Fsp3) is 0.222. The van der Waals surface area contributed by atoms with Gasteiger partial charge in [-0.3, -0.25) is 4.90 Å². The van der Waals surface area contributed by atoms with Gasteiger partial charge in [-0.15, -0.1) is 0 Å². The van der Waals surface area contributed by atoms with Crippen molar-refractivity contribution in [1.29, 1.82) is 0 Å². The lowest BCUT2D eigenvalue weighted by atomic mass is 10.3. The zero-order valence-corrected chi connectivity index (χ0v) is 8.04. The summed E-state index contributed by atoms with van der Waals surface area (Å²) in [7, 11) is 0. The number of urea groups is 1. The van der Waals surface area contributed by atoms with Crippen LogP contribution in [0.3, 0.4) is 0 Å². The van der Waals surface area contributed by atoms with E-state index in [-0.39, 0.29) is 11.4 Å². The molecule has 1 aliphatic rings. The Kier molecular flexibility index (Phi) is 1.92. The molecule has 4 heteroatoms. The Hall–Kier alpha value is -1.16. The molecular formula is C9H10N2OS. The first-order chi connectivity index (χ1) is 6.20. The van der Waals surface area contributed by atoms with Crippen LogP contribution in [0.1, 0.15) is 6.92 Å². The first-order valence-electron chi connectivity index (χ1n) is 4.04. The van der Waals surface area contributed by atoms with Crippen LogP contribution in [0.5, 0.6) is 0 Å². The van der Waals surface area contributed by atoms with Crippen LogP contribution >= 0.6 is 11.8 Å². The Morgan fingerprint density at radius 3 is 2.92 bits per heavy atom. The van der Waals surface area contributed by atoms with Crippen molar-refractivity contribution in [3.63, 3.8) is 0 Å². The van der Waals surface area contributed by atoms with Gasteiger partial charge in [-0.1, -0.05) is 23.9 Å². The van der Waals surface area contributed by atoms with E-state index in [0.29, 0.717) is 0 Å². The number of hydrogen-bond acceptors (Lipinski definition) is 2. The number of hydrogen-bond donors (Lipinski definition) is 1. The average Bonchev–Trinajstić information content (AvgIpc) is 2.39. The van der Waals surface area contributed by atoms with Gasteiger partial charge in [-0.2, -0.15) is 0 Å². The van der Waals surface area contributed by atoms with E-state index in [1.54, 1.807) is 16.7 Å². The van der Waals surface area contributed by atoms with Gasteiger partial charge >= 0.3 is 6.03 Å². The van der Waals surface area contributed by atoms with E-state index in [0.717, 1.165) is 10.6 Å². The van der Waals surface area contributed by atoms with Gasteiger partial charge in [0.2, 0.25) is 0 Å². The highest BCUT2D eigenvalue weighted by atomic mass is 32.2. The molecule has 1 unspecified atom stereocenters. The van der Waals surface area contributed by atoms with Gasteiger partial charge < -0.3 is 5.73 Å². The molecule has 1 heterocycles. The van der Waals surface area contributed by atoms with Gasteiger partial charge in [-0.05, 0) is 19.1 Å². The Morgan fingerprint density at radius 2 is 2.23 bits per heavy atom. The third kappa shape index (κ3) is 1.27. The molecule has 1 aliphatic heterocycles. The summed E-state index contributed by atoms with van der Waals surface area (Å²) in [5.41, 5.74) is 6.20. The number of anilines is 1. The number of carbonyl (C=O) groups is 1. The lowest BCUT2D eigenvalue weighted by Gasteiger charge is -2.18. The van der Waals surface area contributed by atoms with Crippen molar-refractivity contribution in [2.24, 2.45) is 5.73 Å². The van der Waals surface area contributed by atoms with Crippen LogP contribution < -0.4 is 10.6 Å². The highest BCUT2D eigenvalue weighted by molar-refractivity contribution is 8.00. The zero-order valence-electron chi connectivity index (χ0n) is 7.23. The molecule has 13 heavy (non-hydrogen) atoms. The predicted octanol–water partition coefficient (Wildman–Crippen LogP) is 2.02. The monoisotopic (exact) mass is 194 g/mol.